The quantitative estimate of drug-likeness (QED) is 0.674. The second kappa shape index (κ2) is 8.02. The summed E-state index contributed by atoms with van der Waals surface area (Å²) in [5, 5.41) is 12.1. The molecule has 0 saturated carbocycles. The normalized spacial score (nSPS) is 13.0. The van der Waals surface area contributed by atoms with E-state index in [-0.39, 0.29) is 5.57 Å². The largest absolute Gasteiger partial charge is 0.486 e. The molecule has 0 aromatic heterocycles. The number of para-hydroxylation sites is 1. The van der Waals surface area contributed by atoms with Crippen LogP contribution < -0.4 is 14.8 Å². The lowest BCUT2D eigenvalue weighted by Crippen LogP contribution is -2.26. The Morgan fingerprint density at radius 3 is 2.72 bits per heavy atom. The second-order valence-corrected chi connectivity index (χ2v) is 5.53. The Labute approximate surface area is 146 Å². The van der Waals surface area contributed by atoms with E-state index < -0.39 is 5.91 Å². The molecule has 0 radical (unpaired) electrons. The van der Waals surface area contributed by atoms with Crippen LogP contribution in [0.15, 0.2) is 54.1 Å². The molecule has 0 atom stereocenters. The van der Waals surface area contributed by atoms with Crippen molar-refractivity contribution in [1.29, 1.82) is 5.26 Å². The Bertz CT molecular complexity index is 823. The molecule has 25 heavy (non-hydrogen) atoms. The minimum atomic E-state index is -0.396. The molecular formula is C20H18N2O3. The summed E-state index contributed by atoms with van der Waals surface area (Å²) in [6.07, 6.45) is 2.24. The summed E-state index contributed by atoms with van der Waals surface area (Å²) in [5.74, 6) is 0.799. The molecule has 1 heterocycles. The zero-order chi connectivity index (χ0) is 17.5. The minimum absolute atomic E-state index is 0.0376. The number of nitrogens with zero attached hydrogens (tertiary/aromatic N) is 1. The highest BCUT2D eigenvalue weighted by Crippen LogP contribution is 2.34. The van der Waals surface area contributed by atoms with E-state index in [1.165, 1.54) is 6.08 Å². The van der Waals surface area contributed by atoms with Crippen LogP contribution in [0.3, 0.4) is 0 Å². The maximum absolute atomic E-state index is 12.3. The third-order valence-corrected chi connectivity index (χ3v) is 3.80. The highest BCUT2D eigenvalue weighted by Gasteiger charge is 2.16. The summed E-state index contributed by atoms with van der Waals surface area (Å²) >= 11 is 0. The van der Waals surface area contributed by atoms with Gasteiger partial charge in [0.1, 0.15) is 24.9 Å². The topological polar surface area (TPSA) is 71.3 Å². The highest BCUT2D eigenvalue weighted by molar-refractivity contribution is 6.02. The number of ether oxygens (including phenoxy) is 2. The fourth-order valence-electron chi connectivity index (χ4n) is 2.57. The van der Waals surface area contributed by atoms with Gasteiger partial charge in [-0.2, -0.15) is 5.26 Å². The van der Waals surface area contributed by atoms with Gasteiger partial charge in [-0.25, -0.2) is 0 Å². The van der Waals surface area contributed by atoms with Gasteiger partial charge in [-0.15, -0.1) is 0 Å². The molecule has 1 amide bonds. The van der Waals surface area contributed by atoms with E-state index >= 15 is 0 Å². The fraction of sp³-hybridized carbons (Fsp3) is 0.200. The van der Waals surface area contributed by atoms with Crippen molar-refractivity contribution >= 4 is 12.0 Å². The first-order chi connectivity index (χ1) is 12.3. The summed E-state index contributed by atoms with van der Waals surface area (Å²) < 4.78 is 11.1. The van der Waals surface area contributed by atoms with E-state index in [0.717, 1.165) is 5.56 Å². The van der Waals surface area contributed by atoms with Crippen molar-refractivity contribution in [3.05, 3.63) is 65.2 Å². The Hall–Kier alpha value is -3.26. The molecule has 0 fully saturated rings. The minimum Gasteiger partial charge on any atom is -0.486 e. The number of carbonyl (C=O) groups excluding carboxylic acids is 1. The number of carbonyl (C=O) groups is 1. The first kappa shape index (κ1) is 16.6. The number of hydrogen-bond donors (Lipinski definition) is 1. The van der Waals surface area contributed by atoms with E-state index in [4.69, 9.17) is 9.47 Å². The molecule has 1 N–H and O–H groups in total. The Morgan fingerprint density at radius 2 is 1.92 bits per heavy atom. The van der Waals surface area contributed by atoms with Gasteiger partial charge in [0, 0.05) is 12.1 Å². The van der Waals surface area contributed by atoms with Crippen molar-refractivity contribution in [3.8, 4) is 17.6 Å². The van der Waals surface area contributed by atoms with E-state index in [1.54, 1.807) is 12.1 Å². The van der Waals surface area contributed by atoms with E-state index in [2.05, 4.69) is 5.32 Å². The zero-order valence-corrected chi connectivity index (χ0v) is 13.7. The third-order valence-electron chi connectivity index (χ3n) is 3.80. The summed E-state index contributed by atoms with van der Waals surface area (Å²) in [7, 11) is 0. The summed E-state index contributed by atoms with van der Waals surface area (Å²) in [4.78, 5) is 12.3. The third kappa shape index (κ3) is 4.18. The van der Waals surface area contributed by atoms with Crippen LogP contribution in [0.25, 0.3) is 6.08 Å². The van der Waals surface area contributed by atoms with Crippen LogP contribution in [0.4, 0.5) is 0 Å². The number of amides is 1. The smallest absolute Gasteiger partial charge is 0.261 e. The molecule has 5 heteroatoms. The van der Waals surface area contributed by atoms with Crippen LogP contribution in [0.2, 0.25) is 0 Å². The first-order valence-corrected chi connectivity index (χ1v) is 8.10. The van der Waals surface area contributed by atoms with Gasteiger partial charge >= 0.3 is 0 Å². The number of fused-ring (bicyclic) bond motifs is 1. The highest BCUT2D eigenvalue weighted by atomic mass is 16.6. The van der Waals surface area contributed by atoms with Crippen molar-refractivity contribution in [2.45, 2.75) is 6.42 Å². The zero-order valence-electron chi connectivity index (χ0n) is 13.7. The van der Waals surface area contributed by atoms with E-state index in [9.17, 15) is 10.1 Å². The Morgan fingerprint density at radius 1 is 1.12 bits per heavy atom. The molecule has 0 bridgehead atoms. The maximum Gasteiger partial charge on any atom is 0.261 e. The SMILES string of the molecule is N#C/C(=C/c1cccc2c1OCCO2)C(=O)NCCc1ccccc1. The number of hydrogen-bond acceptors (Lipinski definition) is 4. The molecular weight excluding hydrogens is 316 g/mol. The standard InChI is InChI=1S/C20H18N2O3/c21-14-17(20(23)22-10-9-15-5-2-1-3-6-15)13-16-7-4-8-18-19(16)25-12-11-24-18/h1-8,13H,9-12H2,(H,22,23)/b17-13-. The lowest BCUT2D eigenvalue weighted by Gasteiger charge is -2.19. The molecule has 1 aliphatic heterocycles. The van der Waals surface area contributed by atoms with Crippen molar-refractivity contribution in [1.82, 2.24) is 5.32 Å². The number of nitriles is 1. The molecule has 5 nitrogen and oxygen atoms in total. The average molecular weight is 334 g/mol. The van der Waals surface area contributed by atoms with E-state index in [1.807, 2.05) is 42.5 Å². The number of nitrogens with one attached hydrogen (secondary N) is 1. The predicted molar refractivity (Wildman–Crippen MR) is 94.2 cm³/mol. The van der Waals surface area contributed by atoms with Gasteiger partial charge in [-0.1, -0.05) is 42.5 Å². The lowest BCUT2D eigenvalue weighted by atomic mass is 10.1. The van der Waals surface area contributed by atoms with Crippen molar-refractivity contribution < 1.29 is 14.3 Å². The number of benzene rings is 2. The first-order valence-electron chi connectivity index (χ1n) is 8.10. The fourth-order valence-corrected chi connectivity index (χ4v) is 2.57. The molecule has 3 rings (SSSR count). The summed E-state index contributed by atoms with van der Waals surface area (Å²) in [5.41, 5.74) is 1.83. The molecule has 0 aliphatic carbocycles. The second-order valence-electron chi connectivity index (χ2n) is 5.53. The van der Waals surface area contributed by atoms with Crippen LogP contribution in [0.1, 0.15) is 11.1 Å². The number of rotatable bonds is 5. The van der Waals surface area contributed by atoms with Gasteiger partial charge in [0.2, 0.25) is 0 Å². The van der Waals surface area contributed by atoms with Crippen LogP contribution in [0, 0.1) is 11.3 Å². The predicted octanol–water partition coefficient (Wildman–Crippen LogP) is 2.72. The molecule has 0 spiro atoms. The van der Waals surface area contributed by atoms with Crippen LogP contribution >= 0.6 is 0 Å². The maximum atomic E-state index is 12.3. The van der Waals surface area contributed by atoms with Crippen LogP contribution in [-0.2, 0) is 11.2 Å². The van der Waals surface area contributed by atoms with Crippen LogP contribution in [0.5, 0.6) is 11.5 Å². The van der Waals surface area contributed by atoms with Crippen molar-refractivity contribution in [2.24, 2.45) is 0 Å². The Kier molecular flexibility index (Phi) is 5.32. The molecule has 1 aliphatic rings. The van der Waals surface area contributed by atoms with E-state index in [0.29, 0.717) is 43.2 Å². The monoisotopic (exact) mass is 334 g/mol. The van der Waals surface area contributed by atoms with Gasteiger partial charge in [0.15, 0.2) is 11.5 Å². The molecule has 126 valence electrons. The lowest BCUT2D eigenvalue weighted by molar-refractivity contribution is -0.117. The molecule has 2 aromatic carbocycles. The molecule has 2 aromatic rings. The Balaban J connectivity index is 1.68. The van der Waals surface area contributed by atoms with Gasteiger partial charge in [0.25, 0.3) is 5.91 Å². The van der Waals surface area contributed by atoms with Crippen molar-refractivity contribution in [2.75, 3.05) is 19.8 Å². The van der Waals surface area contributed by atoms with Gasteiger partial charge in [-0.05, 0) is 24.1 Å². The van der Waals surface area contributed by atoms with Crippen LogP contribution in [-0.4, -0.2) is 25.7 Å². The summed E-state index contributed by atoms with van der Waals surface area (Å²) in [6.45, 7) is 1.41. The molecule has 0 saturated heterocycles. The molecule has 0 unspecified atom stereocenters. The van der Waals surface area contributed by atoms with Gasteiger partial charge < -0.3 is 14.8 Å². The average Bonchev–Trinajstić information content (AvgIpc) is 2.67. The van der Waals surface area contributed by atoms with Gasteiger partial charge in [0.05, 0.1) is 0 Å². The van der Waals surface area contributed by atoms with Crippen molar-refractivity contribution in [3.63, 3.8) is 0 Å². The van der Waals surface area contributed by atoms with Gasteiger partial charge in [-0.3, -0.25) is 4.79 Å². The summed E-state index contributed by atoms with van der Waals surface area (Å²) in [6, 6.07) is 17.2.